The minimum Gasteiger partial charge on any atom is -0.489 e. The molecule has 2 fully saturated rings. The summed E-state index contributed by atoms with van der Waals surface area (Å²) in [4.78, 5) is 27.2. The molecule has 196 valence electrons. The van der Waals surface area contributed by atoms with E-state index >= 15 is 0 Å². The maximum absolute atomic E-state index is 14.0. The fraction of sp³-hybridized carbons (Fsp3) is 0.429. The highest BCUT2D eigenvalue weighted by Gasteiger charge is 2.22. The molecule has 0 aliphatic carbocycles. The Morgan fingerprint density at radius 3 is 2.68 bits per heavy atom. The maximum Gasteiger partial charge on any atom is 0.227 e. The second-order valence-corrected chi connectivity index (χ2v) is 10.7. The Kier molecular flexibility index (Phi) is 8.22. The largest absolute Gasteiger partial charge is 0.489 e. The zero-order chi connectivity index (χ0) is 25.8. The van der Waals surface area contributed by atoms with Crippen LogP contribution in [0.25, 0.3) is 11.0 Å². The quantitative estimate of drug-likeness (QED) is 0.443. The van der Waals surface area contributed by atoms with Crippen LogP contribution in [0.15, 0.2) is 56.1 Å². The van der Waals surface area contributed by atoms with Crippen molar-refractivity contribution < 1.29 is 18.3 Å². The molecule has 0 radical (unpaired) electrons. The van der Waals surface area contributed by atoms with Gasteiger partial charge in [0.15, 0.2) is 16.8 Å². The van der Waals surface area contributed by atoms with Gasteiger partial charge in [0.2, 0.25) is 5.91 Å². The molecule has 3 aromatic rings. The molecule has 0 saturated carbocycles. The number of piperidine rings is 2. The number of nitrogens with one attached hydrogen (secondary N) is 2. The average molecular weight is 572 g/mol. The number of nitrogens with zero attached hydrogens (tertiary/aromatic N) is 1. The van der Waals surface area contributed by atoms with E-state index in [1.807, 2.05) is 6.07 Å². The Balaban J connectivity index is 1.10. The summed E-state index contributed by atoms with van der Waals surface area (Å²) in [6, 6.07) is 11.8. The second-order valence-electron chi connectivity index (χ2n) is 9.82. The molecule has 2 aromatic carbocycles. The molecule has 5 rings (SSSR count). The Hall–Kier alpha value is -2.75. The van der Waals surface area contributed by atoms with Crippen LogP contribution in [-0.2, 0) is 17.8 Å². The van der Waals surface area contributed by atoms with Gasteiger partial charge < -0.3 is 19.8 Å². The molecule has 37 heavy (non-hydrogen) atoms. The molecule has 9 heteroatoms. The number of benzene rings is 2. The van der Waals surface area contributed by atoms with E-state index < -0.39 is 5.82 Å². The van der Waals surface area contributed by atoms with Gasteiger partial charge in [0, 0.05) is 31.7 Å². The van der Waals surface area contributed by atoms with E-state index in [-0.39, 0.29) is 46.6 Å². The normalized spacial score (nSPS) is 17.7. The summed E-state index contributed by atoms with van der Waals surface area (Å²) in [6.45, 7) is 4.56. The number of carbonyl (C=O) groups excluding carboxylic acids is 1. The number of halogens is 2. The van der Waals surface area contributed by atoms with Crippen LogP contribution >= 0.6 is 15.9 Å². The summed E-state index contributed by atoms with van der Waals surface area (Å²) in [5.41, 5.74) is 0.753. The first-order valence-electron chi connectivity index (χ1n) is 12.8. The first-order valence-corrected chi connectivity index (χ1v) is 13.6. The van der Waals surface area contributed by atoms with Gasteiger partial charge in [0.1, 0.15) is 17.6 Å². The number of fused-ring (bicyclic) bond motifs is 1. The summed E-state index contributed by atoms with van der Waals surface area (Å²) in [6.07, 6.45) is 3.87. The van der Waals surface area contributed by atoms with Crippen LogP contribution in [0, 0.1) is 5.82 Å². The third kappa shape index (κ3) is 6.58. The fourth-order valence-electron chi connectivity index (χ4n) is 5.04. The number of para-hydroxylation sites is 1. The minimum atomic E-state index is -0.611. The van der Waals surface area contributed by atoms with E-state index in [4.69, 9.17) is 9.15 Å². The van der Waals surface area contributed by atoms with Crippen LogP contribution in [0.5, 0.6) is 5.75 Å². The third-order valence-corrected chi connectivity index (χ3v) is 7.65. The lowest BCUT2D eigenvalue weighted by Gasteiger charge is -2.32. The van der Waals surface area contributed by atoms with Gasteiger partial charge in [-0.25, -0.2) is 4.39 Å². The van der Waals surface area contributed by atoms with Crippen LogP contribution < -0.4 is 20.8 Å². The Labute approximate surface area is 223 Å². The van der Waals surface area contributed by atoms with Crippen molar-refractivity contribution >= 4 is 32.8 Å². The molecular weight excluding hydrogens is 541 g/mol. The molecule has 0 unspecified atom stereocenters. The van der Waals surface area contributed by atoms with Crippen molar-refractivity contribution in [3.8, 4) is 5.75 Å². The second kappa shape index (κ2) is 11.8. The fourth-order valence-corrected chi connectivity index (χ4v) is 5.56. The number of likely N-dealkylation sites (tertiary alicyclic amines) is 1. The van der Waals surface area contributed by atoms with E-state index in [0.29, 0.717) is 0 Å². The summed E-state index contributed by atoms with van der Waals surface area (Å²) in [5.74, 6) is 0.212. The van der Waals surface area contributed by atoms with Crippen LogP contribution in [0.4, 0.5) is 4.39 Å². The van der Waals surface area contributed by atoms with Crippen molar-refractivity contribution in [2.45, 2.75) is 50.8 Å². The van der Waals surface area contributed by atoms with Crippen LogP contribution in [0.3, 0.4) is 0 Å². The lowest BCUT2D eigenvalue weighted by molar-refractivity contribution is -0.121. The van der Waals surface area contributed by atoms with E-state index in [1.165, 1.54) is 29.8 Å². The van der Waals surface area contributed by atoms with Gasteiger partial charge in [-0.1, -0.05) is 12.1 Å². The lowest BCUT2D eigenvalue weighted by Crippen LogP contribution is -2.44. The molecule has 3 heterocycles. The van der Waals surface area contributed by atoms with E-state index in [0.717, 1.165) is 68.6 Å². The third-order valence-electron chi connectivity index (χ3n) is 7.03. The molecule has 0 bridgehead atoms. The topological polar surface area (TPSA) is 83.8 Å². The predicted octanol–water partition coefficient (Wildman–Crippen LogP) is 4.15. The average Bonchev–Trinajstić information content (AvgIpc) is 2.88. The van der Waals surface area contributed by atoms with Crippen LogP contribution in [-0.4, -0.2) is 49.1 Å². The van der Waals surface area contributed by atoms with E-state index in [2.05, 4.69) is 43.6 Å². The number of ether oxygens (including phenoxy) is 1. The van der Waals surface area contributed by atoms with E-state index in [9.17, 15) is 14.0 Å². The van der Waals surface area contributed by atoms with Crippen LogP contribution in [0.1, 0.15) is 37.0 Å². The Bertz CT molecular complexity index is 1320. The van der Waals surface area contributed by atoms with Gasteiger partial charge in [0.25, 0.3) is 0 Å². The zero-order valence-electron chi connectivity index (χ0n) is 20.6. The molecule has 0 spiro atoms. The molecule has 2 saturated heterocycles. The van der Waals surface area contributed by atoms with Gasteiger partial charge in [-0.05, 0) is 84.5 Å². The van der Waals surface area contributed by atoms with Crippen molar-refractivity contribution in [1.82, 2.24) is 15.5 Å². The Morgan fingerprint density at radius 1 is 1.14 bits per heavy atom. The highest BCUT2D eigenvalue weighted by atomic mass is 79.9. The number of amides is 1. The van der Waals surface area contributed by atoms with Crippen molar-refractivity contribution in [2.24, 2.45) is 0 Å². The number of hydrogen-bond acceptors (Lipinski definition) is 6. The first kappa shape index (κ1) is 25.9. The summed E-state index contributed by atoms with van der Waals surface area (Å²) in [7, 11) is 0. The monoisotopic (exact) mass is 571 g/mol. The number of carbonyl (C=O) groups is 1. The molecule has 7 nitrogen and oxygen atoms in total. The molecular formula is C28H31BrFN3O4. The van der Waals surface area contributed by atoms with Gasteiger partial charge >= 0.3 is 0 Å². The summed E-state index contributed by atoms with van der Waals surface area (Å²) in [5, 5.41) is 6.57. The summed E-state index contributed by atoms with van der Waals surface area (Å²) < 4.78 is 26.7. The highest BCUT2D eigenvalue weighted by molar-refractivity contribution is 9.10. The molecule has 2 N–H and O–H groups in total. The maximum atomic E-state index is 14.0. The predicted molar refractivity (Wildman–Crippen MR) is 143 cm³/mol. The van der Waals surface area contributed by atoms with Crippen LogP contribution in [0.2, 0.25) is 0 Å². The molecule has 2 aliphatic rings. The minimum absolute atomic E-state index is 0.0557. The van der Waals surface area contributed by atoms with Gasteiger partial charge in [-0.2, -0.15) is 0 Å². The zero-order valence-corrected chi connectivity index (χ0v) is 22.2. The van der Waals surface area contributed by atoms with Gasteiger partial charge in [-0.15, -0.1) is 0 Å². The molecule has 2 aliphatic heterocycles. The highest BCUT2D eigenvalue weighted by Crippen LogP contribution is 2.29. The Morgan fingerprint density at radius 2 is 1.92 bits per heavy atom. The standard InChI is InChI=1S/C28H31BrFN3O4/c29-23-14-18(4-5-26(23)36-20-6-10-31-11-7-20)17-33-12-8-19(9-13-33)32-27(35)16-21-15-25(34)22-2-1-3-24(30)28(22)37-21/h1-5,14-15,19-20,31H,6-13,16-17H2,(H,32,35). The van der Waals surface area contributed by atoms with Crippen molar-refractivity contribution in [1.29, 1.82) is 0 Å². The molecule has 1 aromatic heterocycles. The van der Waals surface area contributed by atoms with Crippen molar-refractivity contribution in [3.63, 3.8) is 0 Å². The van der Waals surface area contributed by atoms with Crippen molar-refractivity contribution in [3.05, 3.63) is 74.3 Å². The SMILES string of the molecule is O=C(Cc1cc(=O)c2cccc(F)c2o1)NC1CCN(Cc2ccc(OC3CCNCC3)c(Br)c2)CC1. The number of hydrogen-bond donors (Lipinski definition) is 2. The lowest BCUT2D eigenvalue weighted by atomic mass is 10.0. The molecule has 0 atom stereocenters. The van der Waals surface area contributed by atoms with Gasteiger partial charge in [-0.3, -0.25) is 14.5 Å². The molecule has 1 amide bonds. The smallest absolute Gasteiger partial charge is 0.227 e. The van der Waals surface area contributed by atoms with E-state index in [1.54, 1.807) is 0 Å². The van der Waals surface area contributed by atoms with Crippen molar-refractivity contribution in [2.75, 3.05) is 26.2 Å². The first-order chi connectivity index (χ1) is 17.9. The van der Waals surface area contributed by atoms with Gasteiger partial charge in [0.05, 0.1) is 16.3 Å². The number of rotatable bonds is 7. The summed E-state index contributed by atoms with van der Waals surface area (Å²) >= 11 is 3.67.